The third kappa shape index (κ3) is 4.32. The molecule has 0 bridgehead atoms. The van der Waals surface area contributed by atoms with E-state index < -0.39 is 11.8 Å². The van der Waals surface area contributed by atoms with Crippen LogP contribution in [0, 0.1) is 26.6 Å². The van der Waals surface area contributed by atoms with E-state index in [1.54, 1.807) is 25.3 Å². The Morgan fingerprint density at radius 2 is 1.93 bits per heavy atom. The highest BCUT2D eigenvalue weighted by atomic mass is 19.1. The number of urea groups is 1. The standard InChI is InChI=1S/C21H25FN2O3/c1-12-10-18(26-4)13(2)14(3)20(12)24-21(25)23-11-15-6-5-7-17(19(15)22)27-16-8-9-16/h5-7,10,16H,8-9,11H2,1-4H3,(H2,23,24,25). The van der Waals surface area contributed by atoms with Crippen molar-refractivity contribution in [1.82, 2.24) is 5.32 Å². The number of anilines is 1. The Bertz CT molecular complexity index is 863. The van der Waals surface area contributed by atoms with E-state index in [4.69, 9.17) is 9.47 Å². The lowest BCUT2D eigenvalue weighted by Crippen LogP contribution is -2.29. The van der Waals surface area contributed by atoms with Gasteiger partial charge in [0.25, 0.3) is 0 Å². The molecular weight excluding hydrogens is 347 g/mol. The van der Waals surface area contributed by atoms with Gasteiger partial charge < -0.3 is 20.1 Å². The van der Waals surface area contributed by atoms with Crippen LogP contribution in [-0.4, -0.2) is 19.2 Å². The van der Waals surface area contributed by atoms with Gasteiger partial charge in [-0.3, -0.25) is 0 Å². The van der Waals surface area contributed by atoms with Gasteiger partial charge in [0.05, 0.1) is 13.2 Å². The first-order valence-electron chi connectivity index (χ1n) is 9.04. The Labute approximate surface area is 158 Å². The summed E-state index contributed by atoms with van der Waals surface area (Å²) in [6.45, 7) is 5.85. The first kappa shape index (κ1) is 19.0. The first-order valence-corrected chi connectivity index (χ1v) is 9.04. The zero-order valence-corrected chi connectivity index (χ0v) is 16.1. The molecule has 0 radical (unpaired) electrons. The zero-order chi connectivity index (χ0) is 19.6. The third-order valence-corrected chi connectivity index (χ3v) is 4.81. The number of hydrogen-bond acceptors (Lipinski definition) is 3. The second-order valence-electron chi connectivity index (χ2n) is 6.87. The van der Waals surface area contributed by atoms with Gasteiger partial charge in [-0.2, -0.15) is 0 Å². The Balaban J connectivity index is 1.66. The van der Waals surface area contributed by atoms with E-state index in [2.05, 4.69) is 10.6 Å². The molecular formula is C21H25FN2O3. The molecule has 0 spiro atoms. The van der Waals surface area contributed by atoms with Crippen molar-refractivity contribution in [2.24, 2.45) is 0 Å². The second kappa shape index (κ2) is 7.86. The molecule has 0 heterocycles. The van der Waals surface area contributed by atoms with E-state index in [9.17, 15) is 9.18 Å². The summed E-state index contributed by atoms with van der Waals surface area (Å²) in [5.41, 5.74) is 3.93. The topological polar surface area (TPSA) is 59.6 Å². The van der Waals surface area contributed by atoms with Crippen LogP contribution in [0.4, 0.5) is 14.9 Å². The zero-order valence-electron chi connectivity index (χ0n) is 16.1. The van der Waals surface area contributed by atoms with Crippen LogP contribution in [0.1, 0.15) is 35.1 Å². The molecule has 2 aromatic rings. The molecule has 0 unspecified atom stereocenters. The van der Waals surface area contributed by atoms with Crippen LogP contribution in [0.3, 0.4) is 0 Å². The van der Waals surface area contributed by atoms with Crippen LogP contribution < -0.4 is 20.1 Å². The smallest absolute Gasteiger partial charge is 0.319 e. The number of halogens is 1. The van der Waals surface area contributed by atoms with Gasteiger partial charge in [0.1, 0.15) is 5.75 Å². The largest absolute Gasteiger partial charge is 0.496 e. The molecule has 27 heavy (non-hydrogen) atoms. The molecule has 144 valence electrons. The number of rotatable bonds is 6. The maximum atomic E-state index is 14.5. The SMILES string of the molecule is COc1cc(C)c(NC(=O)NCc2cccc(OC3CC3)c2F)c(C)c1C. The monoisotopic (exact) mass is 372 g/mol. The van der Waals surface area contributed by atoms with Gasteiger partial charge in [0, 0.05) is 17.8 Å². The molecule has 0 saturated heterocycles. The van der Waals surface area contributed by atoms with Crippen molar-refractivity contribution >= 4 is 11.7 Å². The van der Waals surface area contributed by atoms with Gasteiger partial charge in [-0.15, -0.1) is 0 Å². The highest BCUT2D eigenvalue weighted by Gasteiger charge is 2.25. The van der Waals surface area contributed by atoms with Gasteiger partial charge in [-0.1, -0.05) is 12.1 Å². The molecule has 6 heteroatoms. The summed E-state index contributed by atoms with van der Waals surface area (Å²) in [7, 11) is 1.62. The molecule has 2 N–H and O–H groups in total. The Kier molecular flexibility index (Phi) is 5.54. The molecule has 2 amide bonds. The normalized spacial score (nSPS) is 13.2. The summed E-state index contributed by atoms with van der Waals surface area (Å²) in [4.78, 5) is 12.3. The van der Waals surface area contributed by atoms with Gasteiger partial charge in [-0.25, -0.2) is 9.18 Å². The van der Waals surface area contributed by atoms with E-state index in [-0.39, 0.29) is 18.4 Å². The van der Waals surface area contributed by atoms with Gasteiger partial charge in [0.2, 0.25) is 0 Å². The fourth-order valence-corrected chi connectivity index (χ4v) is 2.93. The van der Waals surface area contributed by atoms with Crippen molar-refractivity contribution in [3.8, 4) is 11.5 Å². The van der Waals surface area contributed by atoms with Crippen LogP contribution >= 0.6 is 0 Å². The fourth-order valence-electron chi connectivity index (χ4n) is 2.93. The number of aryl methyl sites for hydroxylation is 1. The molecule has 0 atom stereocenters. The molecule has 5 nitrogen and oxygen atoms in total. The minimum atomic E-state index is -0.419. The summed E-state index contributed by atoms with van der Waals surface area (Å²) >= 11 is 0. The van der Waals surface area contributed by atoms with E-state index >= 15 is 0 Å². The minimum absolute atomic E-state index is 0.0762. The highest BCUT2D eigenvalue weighted by Crippen LogP contribution is 2.31. The lowest BCUT2D eigenvalue weighted by molar-refractivity contribution is 0.251. The number of ether oxygens (including phenoxy) is 2. The number of methoxy groups -OCH3 is 1. The maximum Gasteiger partial charge on any atom is 0.319 e. The van der Waals surface area contributed by atoms with Gasteiger partial charge in [-0.05, 0) is 62.4 Å². The molecule has 1 fully saturated rings. The average Bonchev–Trinajstić information content (AvgIpc) is 3.46. The lowest BCUT2D eigenvalue weighted by atomic mass is 10.0. The number of benzene rings is 2. The van der Waals surface area contributed by atoms with Crippen LogP contribution in [0.25, 0.3) is 0 Å². The maximum absolute atomic E-state index is 14.5. The lowest BCUT2D eigenvalue weighted by Gasteiger charge is -2.17. The molecule has 0 aliphatic heterocycles. The third-order valence-electron chi connectivity index (χ3n) is 4.81. The summed E-state index contributed by atoms with van der Waals surface area (Å²) in [5, 5.41) is 5.57. The van der Waals surface area contributed by atoms with Crippen molar-refractivity contribution in [3.05, 3.63) is 52.3 Å². The summed E-state index contributed by atoms with van der Waals surface area (Å²) < 4.78 is 25.4. The van der Waals surface area contributed by atoms with Crippen LogP contribution in [0.15, 0.2) is 24.3 Å². The summed E-state index contributed by atoms with van der Waals surface area (Å²) in [5.74, 6) is 0.609. The van der Waals surface area contributed by atoms with E-state index in [1.165, 1.54) is 0 Å². The Morgan fingerprint density at radius 1 is 1.19 bits per heavy atom. The average molecular weight is 372 g/mol. The molecule has 2 aromatic carbocycles. The quantitative estimate of drug-likeness (QED) is 0.778. The molecule has 1 aliphatic rings. The van der Waals surface area contributed by atoms with Crippen molar-refractivity contribution in [1.29, 1.82) is 0 Å². The van der Waals surface area contributed by atoms with Crippen molar-refractivity contribution in [2.75, 3.05) is 12.4 Å². The summed E-state index contributed by atoms with van der Waals surface area (Å²) in [6.07, 6.45) is 2.05. The van der Waals surface area contributed by atoms with Crippen molar-refractivity contribution < 1.29 is 18.7 Å². The van der Waals surface area contributed by atoms with E-state index in [0.29, 0.717) is 5.56 Å². The van der Waals surface area contributed by atoms with Gasteiger partial charge in [0.15, 0.2) is 11.6 Å². The fraction of sp³-hybridized carbons (Fsp3) is 0.381. The number of amides is 2. The number of carbonyl (C=O) groups is 1. The first-order chi connectivity index (χ1) is 12.9. The number of hydrogen-bond donors (Lipinski definition) is 2. The predicted octanol–water partition coefficient (Wildman–Crippen LogP) is 4.62. The van der Waals surface area contributed by atoms with Crippen molar-refractivity contribution in [3.63, 3.8) is 0 Å². The highest BCUT2D eigenvalue weighted by molar-refractivity contribution is 5.91. The molecule has 3 rings (SSSR count). The van der Waals surface area contributed by atoms with Gasteiger partial charge >= 0.3 is 6.03 Å². The van der Waals surface area contributed by atoms with Crippen LogP contribution in [-0.2, 0) is 6.54 Å². The van der Waals surface area contributed by atoms with Crippen LogP contribution in [0.2, 0.25) is 0 Å². The number of carbonyl (C=O) groups excluding carboxylic acids is 1. The van der Waals surface area contributed by atoms with E-state index in [1.807, 2.05) is 26.8 Å². The second-order valence-corrected chi connectivity index (χ2v) is 6.87. The molecule has 1 aliphatic carbocycles. The summed E-state index contributed by atoms with van der Waals surface area (Å²) in [6, 6.07) is 6.49. The number of nitrogens with one attached hydrogen (secondary N) is 2. The Morgan fingerprint density at radius 3 is 2.59 bits per heavy atom. The molecule has 1 saturated carbocycles. The Hall–Kier alpha value is -2.76. The van der Waals surface area contributed by atoms with E-state index in [0.717, 1.165) is 41.0 Å². The molecule has 0 aromatic heterocycles. The minimum Gasteiger partial charge on any atom is -0.496 e. The predicted molar refractivity (Wildman–Crippen MR) is 103 cm³/mol. The van der Waals surface area contributed by atoms with Crippen molar-refractivity contribution in [2.45, 2.75) is 46.3 Å². The van der Waals surface area contributed by atoms with Crippen LogP contribution in [0.5, 0.6) is 11.5 Å².